The molecule has 132 valence electrons. The van der Waals surface area contributed by atoms with Crippen molar-refractivity contribution in [2.45, 2.75) is 90.1 Å². The minimum atomic E-state index is -0.862. The van der Waals surface area contributed by atoms with E-state index < -0.39 is 11.0 Å². The predicted octanol–water partition coefficient (Wildman–Crippen LogP) is 4.47. The number of esters is 1. The van der Waals surface area contributed by atoms with Gasteiger partial charge < -0.3 is 9.84 Å². The molecule has 0 amide bonds. The van der Waals surface area contributed by atoms with Crippen LogP contribution in [0.3, 0.4) is 0 Å². The van der Waals surface area contributed by atoms with Gasteiger partial charge in [-0.2, -0.15) is 0 Å². The fourth-order valence-electron chi connectivity index (χ4n) is 5.79. The van der Waals surface area contributed by atoms with Gasteiger partial charge in [0.2, 0.25) is 0 Å². The SMILES string of the molecule is CCCCCCCCOC(=O)C12CC3CC(CC(C3)C1(C)O)C2. The molecule has 0 saturated heterocycles. The molecule has 3 atom stereocenters. The molecule has 4 fully saturated rings. The molecule has 3 nitrogen and oxygen atoms in total. The molecule has 1 N–H and O–H groups in total. The fraction of sp³-hybridized carbons (Fsp3) is 0.950. The molecule has 0 spiro atoms. The lowest BCUT2D eigenvalue weighted by atomic mass is 9.43. The van der Waals surface area contributed by atoms with Crippen LogP contribution in [-0.2, 0) is 9.53 Å². The van der Waals surface area contributed by atoms with E-state index in [0.717, 1.165) is 38.5 Å². The van der Waals surface area contributed by atoms with Crippen molar-refractivity contribution in [2.75, 3.05) is 6.61 Å². The van der Waals surface area contributed by atoms with Crippen LogP contribution >= 0.6 is 0 Å². The van der Waals surface area contributed by atoms with Gasteiger partial charge in [0.15, 0.2) is 0 Å². The zero-order valence-corrected chi connectivity index (χ0v) is 15.0. The monoisotopic (exact) mass is 322 g/mol. The van der Waals surface area contributed by atoms with E-state index in [2.05, 4.69) is 6.92 Å². The molecular formula is C20H34O3. The minimum absolute atomic E-state index is 0.102. The van der Waals surface area contributed by atoms with Crippen LogP contribution in [0.25, 0.3) is 0 Å². The molecule has 3 heteroatoms. The number of rotatable bonds is 8. The first-order valence-electron chi connectivity index (χ1n) is 9.89. The van der Waals surface area contributed by atoms with E-state index in [1.807, 2.05) is 6.92 Å². The standard InChI is InChI=1S/C20H34O3/c1-3-4-5-6-7-8-9-23-18(21)20-13-15-10-16(14-20)12-17(11-15)19(20,2)22/h15-17,22H,3-14H2,1-2H3. The number of unbranched alkanes of at least 4 members (excludes halogenated alkanes) is 5. The molecule has 4 bridgehead atoms. The van der Waals surface area contributed by atoms with E-state index in [-0.39, 0.29) is 5.97 Å². The van der Waals surface area contributed by atoms with E-state index in [4.69, 9.17) is 4.74 Å². The van der Waals surface area contributed by atoms with Crippen molar-refractivity contribution in [3.8, 4) is 0 Å². The average molecular weight is 322 g/mol. The Balaban J connectivity index is 1.52. The summed E-state index contributed by atoms with van der Waals surface area (Å²) in [6, 6.07) is 0. The summed E-state index contributed by atoms with van der Waals surface area (Å²) in [4.78, 5) is 12.9. The lowest BCUT2D eigenvalue weighted by Gasteiger charge is -2.62. The lowest BCUT2D eigenvalue weighted by molar-refractivity contribution is -0.232. The Bertz CT molecular complexity index is 415. The van der Waals surface area contributed by atoms with Gasteiger partial charge in [-0.1, -0.05) is 39.0 Å². The normalized spacial score (nSPS) is 41.3. The lowest BCUT2D eigenvalue weighted by Crippen LogP contribution is -2.66. The Morgan fingerprint density at radius 1 is 1.04 bits per heavy atom. The molecule has 0 aromatic rings. The van der Waals surface area contributed by atoms with E-state index in [1.54, 1.807) is 0 Å². The summed E-state index contributed by atoms with van der Waals surface area (Å²) in [6.07, 6.45) is 12.4. The number of ether oxygens (including phenoxy) is 1. The molecule has 0 radical (unpaired) electrons. The van der Waals surface area contributed by atoms with Crippen molar-refractivity contribution in [2.24, 2.45) is 23.2 Å². The van der Waals surface area contributed by atoms with Gasteiger partial charge in [-0.3, -0.25) is 4.79 Å². The zero-order valence-electron chi connectivity index (χ0n) is 15.0. The molecule has 4 aliphatic carbocycles. The third-order valence-corrected chi connectivity index (χ3v) is 7.06. The second-order valence-corrected chi connectivity index (χ2v) is 8.68. The van der Waals surface area contributed by atoms with E-state index in [9.17, 15) is 9.90 Å². The minimum Gasteiger partial charge on any atom is -0.465 e. The van der Waals surface area contributed by atoms with Crippen molar-refractivity contribution in [1.29, 1.82) is 0 Å². The Morgan fingerprint density at radius 2 is 1.65 bits per heavy atom. The van der Waals surface area contributed by atoms with Crippen molar-refractivity contribution >= 4 is 5.97 Å². The molecular weight excluding hydrogens is 288 g/mol. The third kappa shape index (κ3) is 3.06. The number of hydrogen-bond acceptors (Lipinski definition) is 3. The summed E-state index contributed by atoms with van der Waals surface area (Å²) in [5.41, 5.74) is -1.47. The Hall–Kier alpha value is -0.570. The zero-order chi connectivity index (χ0) is 16.5. The van der Waals surface area contributed by atoms with Crippen LogP contribution in [0.2, 0.25) is 0 Å². The maximum absolute atomic E-state index is 12.9. The van der Waals surface area contributed by atoms with Crippen LogP contribution < -0.4 is 0 Å². The van der Waals surface area contributed by atoms with Crippen molar-refractivity contribution in [3.63, 3.8) is 0 Å². The van der Waals surface area contributed by atoms with Gasteiger partial charge in [-0.15, -0.1) is 0 Å². The quantitative estimate of drug-likeness (QED) is 0.530. The topological polar surface area (TPSA) is 46.5 Å². The smallest absolute Gasteiger partial charge is 0.315 e. The maximum Gasteiger partial charge on any atom is 0.315 e. The molecule has 0 aromatic carbocycles. The molecule has 0 heterocycles. The number of carbonyl (C=O) groups is 1. The second-order valence-electron chi connectivity index (χ2n) is 8.68. The van der Waals surface area contributed by atoms with Gasteiger partial charge in [0.25, 0.3) is 0 Å². The highest BCUT2D eigenvalue weighted by Gasteiger charge is 2.67. The summed E-state index contributed by atoms with van der Waals surface area (Å²) >= 11 is 0. The number of carbonyl (C=O) groups excluding carboxylic acids is 1. The van der Waals surface area contributed by atoms with E-state index >= 15 is 0 Å². The average Bonchev–Trinajstić information content (AvgIpc) is 2.51. The first kappa shape index (κ1) is 17.3. The second kappa shape index (κ2) is 6.74. The summed E-state index contributed by atoms with van der Waals surface area (Å²) in [5.74, 6) is 1.47. The van der Waals surface area contributed by atoms with Gasteiger partial charge in [-0.25, -0.2) is 0 Å². The van der Waals surface area contributed by atoms with Crippen LogP contribution in [-0.4, -0.2) is 23.3 Å². The highest BCUT2D eigenvalue weighted by Crippen LogP contribution is 2.64. The van der Waals surface area contributed by atoms with Gasteiger partial charge in [0, 0.05) is 0 Å². The summed E-state index contributed by atoms with van der Waals surface area (Å²) in [6.45, 7) is 4.66. The molecule has 0 aliphatic heterocycles. The van der Waals surface area contributed by atoms with Crippen LogP contribution in [0, 0.1) is 23.2 Å². The van der Waals surface area contributed by atoms with Crippen molar-refractivity contribution in [1.82, 2.24) is 0 Å². The number of aliphatic hydroxyl groups is 1. The first-order valence-corrected chi connectivity index (χ1v) is 9.89. The largest absolute Gasteiger partial charge is 0.465 e. The summed E-state index contributed by atoms with van der Waals surface area (Å²) in [7, 11) is 0. The van der Waals surface area contributed by atoms with Gasteiger partial charge in [-0.05, 0) is 63.2 Å². The predicted molar refractivity (Wildman–Crippen MR) is 90.9 cm³/mol. The molecule has 0 aromatic heterocycles. The van der Waals surface area contributed by atoms with E-state index in [1.165, 1.54) is 32.1 Å². The molecule has 3 unspecified atom stereocenters. The van der Waals surface area contributed by atoms with E-state index in [0.29, 0.717) is 24.4 Å². The molecule has 4 saturated carbocycles. The van der Waals surface area contributed by atoms with Crippen LogP contribution in [0.15, 0.2) is 0 Å². The summed E-state index contributed by atoms with van der Waals surface area (Å²) in [5, 5.41) is 11.1. The van der Waals surface area contributed by atoms with Crippen molar-refractivity contribution in [3.05, 3.63) is 0 Å². The Labute approximate surface area is 141 Å². The third-order valence-electron chi connectivity index (χ3n) is 7.06. The Kier molecular flexibility index (Phi) is 5.06. The summed E-state index contributed by atoms with van der Waals surface area (Å²) < 4.78 is 5.67. The molecule has 4 aliphatic rings. The van der Waals surface area contributed by atoms with Crippen LogP contribution in [0.1, 0.15) is 84.5 Å². The Morgan fingerprint density at radius 3 is 2.30 bits per heavy atom. The fourth-order valence-corrected chi connectivity index (χ4v) is 5.79. The highest BCUT2D eigenvalue weighted by atomic mass is 16.5. The van der Waals surface area contributed by atoms with Crippen molar-refractivity contribution < 1.29 is 14.6 Å². The number of hydrogen-bond donors (Lipinski definition) is 1. The van der Waals surface area contributed by atoms with Gasteiger partial charge in [0.1, 0.15) is 0 Å². The van der Waals surface area contributed by atoms with Crippen LogP contribution in [0.4, 0.5) is 0 Å². The maximum atomic E-state index is 12.9. The molecule has 23 heavy (non-hydrogen) atoms. The highest BCUT2D eigenvalue weighted by molar-refractivity contribution is 5.79. The first-order chi connectivity index (χ1) is 11.0. The van der Waals surface area contributed by atoms with Gasteiger partial charge in [0.05, 0.1) is 17.6 Å². The van der Waals surface area contributed by atoms with Crippen LogP contribution in [0.5, 0.6) is 0 Å². The van der Waals surface area contributed by atoms with Gasteiger partial charge >= 0.3 is 5.97 Å². The molecule has 4 rings (SSSR count).